The standard InChI is InChI=1S/C21H12F2O/c22-19-11-5-16(6-12-19)2-1-15-3-7-17(8-4-15)21(24)18-9-13-20(23)14-10-18/h3-14H. The Kier molecular flexibility index (Phi) is 4.49. The number of hydrogen-bond donors (Lipinski definition) is 0. The van der Waals surface area contributed by atoms with Crippen LogP contribution < -0.4 is 0 Å². The maximum absolute atomic E-state index is 12.9. The van der Waals surface area contributed by atoms with Crippen LogP contribution in [0, 0.1) is 23.5 Å². The van der Waals surface area contributed by atoms with Crippen LogP contribution in [0.15, 0.2) is 72.8 Å². The number of benzene rings is 3. The highest BCUT2D eigenvalue weighted by molar-refractivity contribution is 6.08. The van der Waals surface area contributed by atoms with Crippen LogP contribution in [0.1, 0.15) is 27.0 Å². The van der Waals surface area contributed by atoms with E-state index >= 15 is 0 Å². The van der Waals surface area contributed by atoms with Gasteiger partial charge in [-0.15, -0.1) is 0 Å². The van der Waals surface area contributed by atoms with Crippen LogP contribution in [0.5, 0.6) is 0 Å². The molecule has 0 saturated heterocycles. The molecule has 0 amide bonds. The molecule has 3 rings (SSSR count). The normalized spacial score (nSPS) is 9.92. The number of halogens is 2. The Hall–Kier alpha value is -3.25. The zero-order valence-corrected chi connectivity index (χ0v) is 12.6. The molecule has 3 heteroatoms. The van der Waals surface area contributed by atoms with Crippen molar-refractivity contribution in [1.29, 1.82) is 0 Å². The van der Waals surface area contributed by atoms with Crippen molar-refractivity contribution in [2.45, 2.75) is 0 Å². The number of rotatable bonds is 2. The highest BCUT2D eigenvalue weighted by atomic mass is 19.1. The van der Waals surface area contributed by atoms with E-state index in [0.717, 1.165) is 5.56 Å². The van der Waals surface area contributed by atoms with Crippen molar-refractivity contribution in [3.63, 3.8) is 0 Å². The van der Waals surface area contributed by atoms with E-state index in [9.17, 15) is 13.6 Å². The highest BCUT2D eigenvalue weighted by Gasteiger charge is 2.08. The number of carbonyl (C=O) groups excluding carboxylic acids is 1. The summed E-state index contributed by atoms with van der Waals surface area (Å²) < 4.78 is 25.7. The molecule has 0 heterocycles. The van der Waals surface area contributed by atoms with Crippen molar-refractivity contribution in [2.75, 3.05) is 0 Å². The second-order valence-electron chi connectivity index (χ2n) is 5.17. The first kappa shape index (κ1) is 15.6. The molecule has 0 aliphatic rings. The van der Waals surface area contributed by atoms with Gasteiger partial charge in [-0.1, -0.05) is 11.8 Å². The maximum Gasteiger partial charge on any atom is 0.193 e. The first-order valence-electron chi connectivity index (χ1n) is 7.30. The minimum absolute atomic E-state index is 0.173. The number of hydrogen-bond acceptors (Lipinski definition) is 1. The number of ketones is 1. The van der Waals surface area contributed by atoms with Gasteiger partial charge in [0.15, 0.2) is 5.78 Å². The summed E-state index contributed by atoms with van der Waals surface area (Å²) in [5.41, 5.74) is 2.40. The Labute approximate surface area is 138 Å². The molecule has 1 nitrogen and oxygen atoms in total. The first-order valence-corrected chi connectivity index (χ1v) is 7.30. The molecule has 0 N–H and O–H groups in total. The van der Waals surface area contributed by atoms with Crippen molar-refractivity contribution >= 4 is 5.78 Å². The van der Waals surface area contributed by atoms with Gasteiger partial charge in [-0.25, -0.2) is 8.78 Å². The highest BCUT2D eigenvalue weighted by Crippen LogP contribution is 2.12. The third-order valence-electron chi connectivity index (χ3n) is 3.45. The predicted molar refractivity (Wildman–Crippen MR) is 88.7 cm³/mol. The van der Waals surface area contributed by atoms with E-state index in [1.165, 1.54) is 36.4 Å². The fraction of sp³-hybridized carbons (Fsp3) is 0. The lowest BCUT2D eigenvalue weighted by atomic mass is 10.0. The molecule has 3 aromatic rings. The monoisotopic (exact) mass is 318 g/mol. The van der Waals surface area contributed by atoms with Gasteiger partial charge in [0.2, 0.25) is 0 Å². The minimum atomic E-state index is -0.377. The van der Waals surface area contributed by atoms with Crippen LogP contribution in [0.25, 0.3) is 0 Å². The largest absolute Gasteiger partial charge is 0.289 e. The summed E-state index contributed by atoms with van der Waals surface area (Å²) in [6.07, 6.45) is 0. The van der Waals surface area contributed by atoms with Crippen molar-refractivity contribution in [3.05, 3.63) is 107 Å². The van der Waals surface area contributed by atoms with Gasteiger partial charge in [0.25, 0.3) is 0 Å². The van der Waals surface area contributed by atoms with Crippen LogP contribution in [0.2, 0.25) is 0 Å². The smallest absolute Gasteiger partial charge is 0.193 e. The third kappa shape index (κ3) is 3.74. The SMILES string of the molecule is O=C(c1ccc(F)cc1)c1ccc(C#Cc2ccc(F)cc2)cc1. The van der Waals surface area contributed by atoms with E-state index in [-0.39, 0.29) is 17.4 Å². The summed E-state index contributed by atoms with van der Waals surface area (Å²) in [5.74, 6) is 5.04. The molecule has 0 spiro atoms. The third-order valence-corrected chi connectivity index (χ3v) is 3.45. The Morgan fingerprint density at radius 2 is 0.917 bits per heavy atom. The molecule has 0 fully saturated rings. The lowest BCUT2D eigenvalue weighted by molar-refractivity contribution is 0.103. The van der Waals surface area contributed by atoms with Gasteiger partial charge in [0, 0.05) is 22.3 Å². The summed E-state index contributed by atoms with van der Waals surface area (Å²) >= 11 is 0. The predicted octanol–water partition coefficient (Wildman–Crippen LogP) is 4.60. The van der Waals surface area contributed by atoms with Crippen molar-refractivity contribution < 1.29 is 13.6 Å². The van der Waals surface area contributed by atoms with Crippen LogP contribution in [0.4, 0.5) is 8.78 Å². The Morgan fingerprint density at radius 1 is 0.583 bits per heavy atom. The van der Waals surface area contributed by atoms with E-state index in [1.54, 1.807) is 36.4 Å². The van der Waals surface area contributed by atoms with E-state index in [4.69, 9.17) is 0 Å². The molecule has 3 aromatic carbocycles. The zero-order valence-electron chi connectivity index (χ0n) is 12.6. The van der Waals surface area contributed by atoms with Gasteiger partial charge < -0.3 is 0 Å². The van der Waals surface area contributed by atoms with Crippen molar-refractivity contribution in [2.24, 2.45) is 0 Å². The van der Waals surface area contributed by atoms with E-state index in [1.807, 2.05) is 0 Å². The first-order chi connectivity index (χ1) is 11.6. The molecule has 0 saturated carbocycles. The van der Waals surface area contributed by atoms with E-state index in [2.05, 4.69) is 11.8 Å². The van der Waals surface area contributed by atoms with Crippen molar-refractivity contribution in [1.82, 2.24) is 0 Å². The van der Waals surface area contributed by atoms with Crippen LogP contribution in [0.3, 0.4) is 0 Å². The molecule has 24 heavy (non-hydrogen) atoms. The second kappa shape index (κ2) is 6.89. The average molecular weight is 318 g/mol. The molecule has 0 unspecified atom stereocenters. The Balaban J connectivity index is 1.77. The van der Waals surface area contributed by atoms with Gasteiger partial charge in [0.1, 0.15) is 11.6 Å². The quantitative estimate of drug-likeness (QED) is 0.499. The molecular formula is C21H12F2O. The average Bonchev–Trinajstić information content (AvgIpc) is 2.62. The molecule has 0 bridgehead atoms. The van der Waals surface area contributed by atoms with Gasteiger partial charge in [-0.3, -0.25) is 4.79 Å². The molecular weight excluding hydrogens is 306 g/mol. The fourth-order valence-electron chi connectivity index (χ4n) is 2.15. The Bertz CT molecular complexity index is 913. The molecule has 0 aliphatic heterocycles. The molecule has 0 aromatic heterocycles. The molecule has 116 valence electrons. The lowest BCUT2D eigenvalue weighted by Gasteiger charge is -2.01. The zero-order chi connectivity index (χ0) is 16.9. The van der Waals surface area contributed by atoms with Crippen LogP contribution >= 0.6 is 0 Å². The van der Waals surface area contributed by atoms with E-state index < -0.39 is 0 Å². The van der Waals surface area contributed by atoms with Gasteiger partial charge in [-0.05, 0) is 72.8 Å². The van der Waals surface area contributed by atoms with Crippen LogP contribution in [-0.2, 0) is 0 Å². The van der Waals surface area contributed by atoms with E-state index in [0.29, 0.717) is 16.7 Å². The summed E-state index contributed by atoms with van der Waals surface area (Å²) in [5, 5.41) is 0. The van der Waals surface area contributed by atoms with Crippen LogP contribution in [-0.4, -0.2) is 5.78 Å². The van der Waals surface area contributed by atoms with Gasteiger partial charge in [0.05, 0.1) is 0 Å². The minimum Gasteiger partial charge on any atom is -0.289 e. The maximum atomic E-state index is 12.9. The van der Waals surface area contributed by atoms with Gasteiger partial charge in [-0.2, -0.15) is 0 Å². The molecule has 0 radical (unpaired) electrons. The second-order valence-corrected chi connectivity index (χ2v) is 5.17. The summed E-state index contributed by atoms with van der Waals surface area (Å²) in [6, 6.07) is 18.2. The summed E-state index contributed by atoms with van der Waals surface area (Å²) in [4.78, 5) is 12.3. The Morgan fingerprint density at radius 3 is 1.38 bits per heavy atom. The fourth-order valence-corrected chi connectivity index (χ4v) is 2.15. The summed E-state index contributed by atoms with van der Waals surface area (Å²) in [6.45, 7) is 0. The molecule has 0 aliphatic carbocycles. The van der Waals surface area contributed by atoms with Crippen molar-refractivity contribution in [3.8, 4) is 11.8 Å². The topological polar surface area (TPSA) is 17.1 Å². The molecule has 0 atom stereocenters. The van der Waals surface area contributed by atoms with Gasteiger partial charge >= 0.3 is 0 Å². The lowest BCUT2D eigenvalue weighted by Crippen LogP contribution is -2.01. The number of carbonyl (C=O) groups is 1. The summed E-state index contributed by atoms with van der Waals surface area (Å²) in [7, 11) is 0.